The summed E-state index contributed by atoms with van der Waals surface area (Å²) in [5, 5.41) is 3.08. The fourth-order valence-electron chi connectivity index (χ4n) is 2.84. The van der Waals surface area contributed by atoms with Gasteiger partial charge in [0.15, 0.2) is 0 Å². The van der Waals surface area contributed by atoms with Gasteiger partial charge in [-0.05, 0) is 31.4 Å². The number of carbonyl (C=O) groups excluding carboxylic acids is 1. The maximum absolute atomic E-state index is 12.5. The van der Waals surface area contributed by atoms with Gasteiger partial charge in [-0.3, -0.25) is 4.79 Å². The number of hydrogen-bond donors (Lipinski definition) is 2. The summed E-state index contributed by atoms with van der Waals surface area (Å²) in [6.07, 6.45) is 5.52. The van der Waals surface area contributed by atoms with Crippen LogP contribution in [0.4, 0.5) is 5.69 Å². The summed E-state index contributed by atoms with van der Waals surface area (Å²) in [4.78, 5) is 12.5. The Morgan fingerprint density at radius 3 is 2.53 bits per heavy atom. The highest BCUT2D eigenvalue weighted by molar-refractivity contribution is 5.95. The number of rotatable bonds is 3. The van der Waals surface area contributed by atoms with Crippen LogP contribution in [0.1, 0.15) is 57.6 Å². The van der Waals surface area contributed by atoms with Crippen LogP contribution in [-0.2, 0) is 4.79 Å². The van der Waals surface area contributed by atoms with Gasteiger partial charge in [0.2, 0.25) is 5.91 Å². The fraction of sp³-hybridized carbons (Fsp3) is 0.562. The standard InChI is InChI=1S/C16H24N2O/c1-12(17)13-8-4-5-9-14(13)18-15(19)16(2)10-6-3-7-11-16/h4-5,8-9,12H,3,6-7,10-11,17H2,1-2H3,(H,18,19). The van der Waals surface area contributed by atoms with E-state index >= 15 is 0 Å². The highest BCUT2D eigenvalue weighted by Crippen LogP contribution is 2.37. The molecular weight excluding hydrogens is 236 g/mol. The van der Waals surface area contributed by atoms with Gasteiger partial charge in [-0.1, -0.05) is 44.4 Å². The first-order chi connectivity index (χ1) is 9.03. The summed E-state index contributed by atoms with van der Waals surface area (Å²) < 4.78 is 0. The van der Waals surface area contributed by atoms with Crippen LogP contribution in [0, 0.1) is 5.41 Å². The zero-order valence-electron chi connectivity index (χ0n) is 11.9. The Labute approximate surface area is 115 Å². The molecule has 0 aromatic heterocycles. The van der Waals surface area contributed by atoms with E-state index in [-0.39, 0.29) is 17.4 Å². The van der Waals surface area contributed by atoms with Gasteiger partial charge < -0.3 is 11.1 Å². The topological polar surface area (TPSA) is 55.1 Å². The molecule has 0 aliphatic heterocycles. The van der Waals surface area contributed by atoms with Crippen molar-refractivity contribution in [3.8, 4) is 0 Å². The van der Waals surface area contributed by atoms with E-state index in [1.165, 1.54) is 6.42 Å². The van der Waals surface area contributed by atoms with Crippen molar-refractivity contribution in [2.45, 2.75) is 52.0 Å². The average molecular weight is 260 g/mol. The van der Waals surface area contributed by atoms with E-state index < -0.39 is 0 Å². The molecular formula is C16H24N2O. The molecule has 1 amide bonds. The monoisotopic (exact) mass is 260 g/mol. The van der Waals surface area contributed by atoms with Crippen molar-refractivity contribution in [2.75, 3.05) is 5.32 Å². The van der Waals surface area contributed by atoms with Crippen LogP contribution in [0.3, 0.4) is 0 Å². The van der Waals surface area contributed by atoms with Crippen LogP contribution in [0.2, 0.25) is 0 Å². The second-order valence-corrected chi connectivity index (χ2v) is 5.95. The Morgan fingerprint density at radius 2 is 1.89 bits per heavy atom. The third kappa shape index (κ3) is 3.16. The second kappa shape index (κ2) is 5.74. The van der Waals surface area contributed by atoms with Crippen molar-refractivity contribution in [1.29, 1.82) is 0 Å². The molecule has 2 rings (SSSR count). The predicted octanol–water partition coefficient (Wildman–Crippen LogP) is 3.62. The van der Waals surface area contributed by atoms with Crippen molar-refractivity contribution in [2.24, 2.45) is 11.1 Å². The van der Waals surface area contributed by atoms with Gasteiger partial charge >= 0.3 is 0 Å². The maximum atomic E-state index is 12.5. The summed E-state index contributed by atoms with van der Waals surface area (Å²) >= 11 is 0. The number of nitrogens with two attached hydrogens (primary N) is 1. The summed E-state index contributed by atoms with van der Waals surface area (Å²) in [5.41, 5.74) is 7.58. The molecule has 1 unspecified atom stereocenters. The molecule has 1 aliphatic rings. The van der Waals surface area contributed by atoms with Crippen LogP contribution < -0.4 is 11.1 Å². The first kappa shape index (κ1) is 14.1. The lowest BCUT2D eigenvalue weighted by Gasteiger charge is -2.32. The van der Waals surface area contributed by atoms with Gasteiger partial charge in [0.1, 0.15) is 0 Å². The first-order valence-corrected chi connectivity index (χ1v) is 7.19. The molecule has 3 heteroatoms. The molecule has 3 nitrogen and oxygen atoms in total. The Hall–Kier alpha value is -1.35. The molecule has 0 heterocycles. The molecule has 104 valence electrons. The lowest BCUT2D eigenvalue weighted by Crippen LogP contribution is -2.35. The number of carbonyl (C=O) groups is 1. The second-order valence-electron chi connectivity index (χ2n) is 5.95. The highest BCUT2D eigenvalue weighted by Gasteiger charge is 2.34. The van der Waals surface area contributed by atoms with Gasteiger partial charge in [-0.2, -0.15) is 0 Å². The minimum absolute atomic E-state index is 0.0735. The number of hydrogen-bond acceptors (Lipinski definition) is 2. The number of anilines is 1. The molecule has 1 aromatic rings. The Morgan fingerprint density at radius 1 is 1.26 bits per heavy atom. The maximum Gasteiger partial charge on any atom is 0.230 e. The summed E-state index contributed by atoms with van der Waals surface area (Å²) in [7, 11) is 0. The molecule has 1 atom stereocenters. The smallest absolute Gasteiger partial charge is 0.230 e. The van der Waals surface area contributed by atoms with Crippen LogP contribution in [0.5, 0.6) is 0 Å². The van der Waals surface area contributed by atoms with E-state index in [4.69, 9.17) is 5.73 Å². The van der Waals surface area contributed by atoms with E-state index in [1.54, 1.807) is 0 Å². The summed E-state index contributed by atoms with van der Waals surface area (Å²) in [5.74, 6) is 0.139. The highest BCUT2D eigenvalue weighted by atomic mass is 16.2. The molecule has 1 saturated carbocycles. The molecule has 0 spiro atoms. The minimum atomic E-state index is -0.219. The van der Waals surface area contributed by atoms with Crippen molar-refractivity contribution < 1.29 is 4.79 Å². The van der Waals surface area contributed by atoms with Crippen molar-refractivity contribution >= 4 is 11.6 Å². The fourth-order valence-corrected chi connectivity index (χ4v) is 2.84. The normalized spacial score (nSPS) is 19.7. The summed E-state index contributed by atoms with van der Waals surface area (Å²) in [6.45, 7) is 4.02. The minimum Gasteiger partial charge on any atom is -0.325 e. The Bertz CT molecular complexity index is 448. The summed E-state index contributed by atoms with van der Waals surface area (Å²) in [6, 6.07) is 7.73. The molecule has 0 saturated heterocycles. The van der Waals surface area contributed by atoms with E-state index in [0.717, 1.165) is 36.9 Å². The van der Waals surface area contributed by atoms with Crippen molar-refractivity contribution in [1.82, 2.24) is 0 Å². The van der Waals surface area contributed by atoms with Gasteiger partial charge in [0.25, 0.3) is 0 Å². The number of amides is 1. The van der Waals surface area contributed by atoms with Crippen LogP contribution in [-0.4, -0.2) is 5.91 Å². The van der Waals surface area contributed by atoms with E-state index in [2.05, 4.69) is 12.2 Å². The molecule has 1 aromatic carbocycles. The molecule has 1 fully saturated rings. The Kier molecular flexibility index (Phi) is 4.25. The van der Waals surface area contributed by atoms with Gasteiger partial charge in [-0.15, -0.1) is 0 Å². The third-order valence-corrected chi connectivity index (χ3v) is 4.20. The lowest BCUT2D eigenvalue weighted by atomic mass is 9.75. The van der Waals surface area contributed by atoms with Crippen molar-refractivity contribution in [3.05, 3.63) is 29.8 Å². The van der Waals surface area contributed by atoms with Gasteiger partial charge in [0.05, 0.1) is 0 Å². The number of nitrogens with one attached hydrogen (secondary N) is 1. The first-order valence-electron chi connectivity index (χ1n) is 7.19. The zero-order chi connectivity index (χ0) is 13.9. The molecule has 3 N–H and O–H groups in total. The van der Waals surface area contributed by atoms with Crippen LogP contribution >= 0.6 is 0 Å². The average Bonchev–Trinajstić information content (AvgIpc) is 2.40. The molecule has 0 bridgehead atoms. The largest absolute Gasteiger partial charge is 0.325 e. The van der Waals surface area contributed by atoms with Crippen LogP contribution in [0.25, 0.3) is 0 Å². The number of para-hydroxylation sites is 1. The van der Waals surface area contributed by atoms with Gasteiger partial charge in [0, 0.05) is 17.1 Å². The van der Waals surface area contributed by atoms with Crippen molar-refractivity contribution in [3.63, 3.8) is 0 Å². The van der Waals surface area contributed by atoms with E-state index in [9.17, 15) is 4.79 Å². The molecule has 1 aliphatic carbocycles. The molecule has 19 heavy (non-hydrogen) atoms. The predicted molar refractivity (Wildman–Crippen MR) is 78.9 cm³/mol. The third-order valence-electron chi connectivity index (χ3n) is 4.20. The quantitative estimate of drug-likeness (QED) is 0.872. The lowest BCUT2D eigenvalue weighted by molar-refractivity contribution is -0.126. The van der Waals surface area contributed by atoms with Gasteiger partial charge in [-0.25, -0.2) is 0 Å². The Balaban J connectivity index is 2.14. The zero-order valence-corrected chi connectivity index (χ0v) is 11.9. The number of benzene rings is 1. The molecule has 0 radical (unpaired) electrons. The SMILES string of the molecule is CC(N)c1ccccc1NC(=O)C1(C)CCCCC1. The van der Waals surface area contributed by atoms with E-state index in [0.29, 0.717) is 0 Å². The van der Waals surface area contributed by atoms with Crippen LogP contribution in [0.15, 0.2) is 24.3 Å². The van der Waals surface area contributed by atoms with E-state index in [1.807, 2.05) is 31.2 Å².